The van der Waals surface area contributed by atoms with Gasteiger partial charge >= 0.3 is 6.61 Å². The van der Waals surface area contributed by atoms with Gasteiger partial charge in [0, 0.05) is 0 Å². The van der Waals surface area contributed by atoms with Crippen LogP contribution >= 0.6 is 0 Å². The van der Waals surface area contributed by atoms with Gasteiger partial charge in [0.25, 0.3) is 0 Å². The minimum atomic E-state index is -3.02. The van der Waals surface area contributed by atoms with E-state index in [1.54, 1.807) is 6.92 Å². The Hall–Kier alpha value is -1.96. The Labute approximate surface area is 84.9 Å². The van der Waals surface area contributed by atoms with Crippen molar-refractivity contribution in [1.29, 1.82) is 5.26 Å². The third-order valence-corrected chi connectivity index (χ3v) is 1.82. The quantitative estimate of drug-likeness (QED) is 0.720. The Morgan fingerprint density at radius 3 is 2.67 bits per heavy atom. The summed E-state index contributed by atoms with van der Waals surface area (Å²) in [6.07, 6.45) is 0.409. The molecule has 0 bridgehead atoms. The van der Waals surface area contributed by atoms with Gasteiger partial charge in [-0.05, 0) is 24.6 Å². The highest BCUT2D eigenvalue weighted by atomic mass is 19.3. The number of hydrogen-bond acceptors (Lipinski definition) is 3. The van der Waals surface area contributed by atoms with E-state index in [1.165, 1.54) is 6.07 Å². The first-order valence-electron chi connectivity index (χ1n) is 4.03. The zero-order valence-corrected chi connectivity index (χ0v) is 7.83. The maximum Gasteiger partial charge on any atom is 0.387 e. The lowest BCUT2D eigenvalue weighted by Crippen LogP contribution is -2.05. The molecule has 0 amide bonds. The molecule has 0 aromatic heterocycles. The standard InChI is InChI=1S/C10H7F2NO2/c1-6-2-8(5-14)9(15-10(11)12)3-7(6)4-13/h2-3,5,10H,1H3. The van der Waals surface area contributed by atoms with Gasteiger partial charge in [-0.25, -0.2) is 0 Å². The number of benzene rings is 1. The topological polar surface area (TPSA) is 50.1 Å². The summed E-state index contributed by atoms with van der Waals surface area (Å²) in [5.74, 6) is -0.276. The Bertz CT molecular complexity index is 424. The summed E-state index contributed by atoms with van der Waals surface area (Å²) in [5, 5.41) is 8.66. The van der Waals surface area contributed by atoms with Gasteiger partial charge in [-0.1, -0.05) is 0 Å². The molecular formula is C10H7F2NO2. The minimum Gasteiger partial charge on any atom is -0.434 e. The van der Waals surface area contributed by atoms with Gasteiger partial charge in [0.15, 0.2) is 6.29 Å². The number of aryl methyl sites for hydroxylation is 1. The number of halogens is 2. The highest BCUT2D eigenvalue weighted by Crippen LogP contribution is 2.23. The predicted molar refractivity (Wildman–Crippen MR) is 47.9 cm³/mol. The molecule has 3 nitrogen and oxygen atoms in total. The Morgan fingerprint density at radius 2 is 2.20 bits per heavy atom. The van der Waals surface area contributed by atoms with Crippen molar-refractivity contribution in [2.75, 3.05) is 0 Å². The van der Waals surface area contributed by atoms with Crippen LogP contribution in [-0.4, -0.2) is 12.9 Å². The number of carbonyl (C=O) groups is 1. The van der Waals surface area contributed by atoms with Crippen LogP contribution in [0.3, 0.4) is 0 Å². The number of ether oxygens (including phenoxy) is 1. The van der Waals surface area contributed by atoms with Crippen LogP contribution in [0.15, 0.2) is 12.1 Å². The van der Waals surface area contributed by atoms with Crippen molar-refractivity contribution in [3.63, 3.8) is 0 Å². The van der Waals surface area contributed by atoms with Gasteiger partial charge < -0.3 is 4.74 Å². The zero-order valence-electron chi connectivity index (χ0n) is 7.83. The zero-order chi connectivity index (χ0) is 11.4. The number of nitrogens with zero attached hydrogens (tertiary/aromatic N) is 1. The molecule has 0 fully saturated rings. The monoisotopic (exact) mass is 211 g/mol. The molecule has 0 aliphatic rings. The highest BCUT2D eigenvalue weighted by Gasteiger charge is 2.12. The molecule has 0 unspecified atom stereocenters. The maximum absolute atomic E-state index is 12.0. The molecule has 0 spiro atoms. The van der Waals surface area contributed by atoms with E-state index in [0.717, 1.165) is 6.07 Å². The second-order valence-corrected chi connectivity index (χ2v) is 2.81. The summed E-state index contributed by atoms with van der Waals surface area (Å²) in [7, 11) is 0. The number of carbonyl (C=O) groups excluding carboxylic acids is 1. The van der Waals surface area contributed by atoms with Crippen molar-refractivity contribution in [2.45, 2.75) is 13.5 Å². The summed E-state index contributed by atoms with van der Waals surface area (Å²) in [4.78, 5) is 10.6. The fourth-order valence-corrected chi connectivity index (χ4v) is 1.12. The molecule has 0 heterocycles. The third-order valence-electron chi connectivity index (χ3n) is 1.82. The first kappa shape index (κ1) is 11.1. The molecule has 0 saturated carbocycles. The molecule has 0 aliphatic heterocycles. The van der Waals surface area contributed by atoms with Crippen LogP contribution in [0.4, 0.5) is 8.78 Å². The molecule has 0 aliphatic carbocycles. The van der Waals surface area contributed by atoms with E-state index in [0.29, 0.717) is 11.8 Å². The van der Waals surface area contributed by atoms with Crippen LogP contribution in [0, 0.1) is 18.3 Å². The molecule has 0 radical (unpaired) electrons. The van der Waals surface area contributed by atoms with Crippen molar-refractivity contribution in [3.8, 4) is 11.8 Å². The molecule has 0 atom stereocenters. The maximum atomic E-state index is 12.0. The average molecular weight is 211 g/mol. The smallest absolute Gasteiger partial charge is 0.387 e. The second-order valence-electron chi connectivity index (χ2n) is 2.81. The summed E-state index contributed by atoms with van der Waals surface area (Å²) < 4.78 is 28.0. The van der Waals surface area contributed by atoms with Gasteiger partial charge in [-0.3, -0.25) is 4.79 Å². The lowest BCUT2D eigenvalue weighted by molar-refractivity contribution is -0.0500. The first-order chi connectivity index (χ1) is 7.08. The molecule has 78 valence electrons. The number of nitriles is 1. The SMILES string of the molecule is Cc1cc(C=O)c(OC(F)F)cc1C#N. The first-order valence-corrected chi connectivity index (χ1v) is 4.03. The van der Waals surface area contributed by atoms with E-state index in [4.69, 9.17) is 5.26 Å². The molecule has 1 aromatic rings. The predicted octanol–water partition coefficient (Wildman–Crippen LogP) is 2.28. The normalized spacial score (nSPS) is 9.80. The van der Waals surface area contributed by atoms with E-state index < -0.39 is 6.61 Å². The van der Waals surface area contributed by atoms with Crippen molar-refractivity contribution in [2.24, 2.45) is 0 Å². The highest BCUT2D eigenvalue weighted by molar-refractivity contribution is 5.80. The summed E-state index contributed by atoms with van der Waals surface area (Å²) >= 11 is 0. The molecule has 0 saturated heterocycles. The minimum absolute atomic E-state index is 0.00630. The van der Waals surface area contributed by atoms with Crippen molar-refractivity contribution >= 4 is 6.29 Å². The van der Waals surface area contributed by atoms with Gasteiger partial charge in [0.2, 0.25) is 0 Å². The molecular weight excluding hydrogens is 204 g/mol. The van der Waals surface area contributed by atoms with Gasteiger partial charge in [-0.15, -0.1) is 0 Å². The molecule has 15 heavy (non-hydrogen) atoms. The van der Waals surface area contributed by atoms with E-state index >= 15 is 0 Å². The van der Waals surface area contributed by atoms with Crippen LogP contribution in [0.2, 0.25) is 0 Å². The van der Waals surface area contributed by atoms with Crippen LogP contribution in [-0.2, 0) is 0 Å². The largest absolute Gasteiger partial charge is 0.434 e. The van der Waals surface area contributed by atoms with E-state index in [1.807, 2.05) is 6.07 Å². The lowest BCUT2D eigenvalue weighted by Gasteiger charge is -2.08. The third kappa shape index (κ3) is 2.50. The van der Waals surface area contributed by atoms with E-state index in [2.05, 4.69) is 4.74 Å². The molecule has 5 heteroatoms. The number of aldehydes is 1. The molecule has 1 aromatic carbocycles. The van der Waals surface area contributed by atoms with Crippen molar-refractivity contribution in [3.05, 3.63) is 28.8 Å². The van der Waals surface area contributed by atoms with Crippen molar-refractivity contribution < 1.29 is 18.3 Å². The molecule has 0 N–H and O–H groups in total. The number of rotatable bonds is 3. The van der Waals surface area contributed by atoms with Gasteiger partial charge in [0.1, 0.15) is 5.75 Å². The van der Waals surface area contributed by atoms with Crippen LogP contribution in [0.25, 0.3) is 0 Å². The summed E-state index contributed by atoms with van der Waals surface area (Å²) in [6, 6.07) is 4.29. The Balaban J connectivity index is 3.24. The summed E-state index contributed by atoms with van der Waals surface area (Å²) in [6.45, 7) is -1.41. The Morgan fingerprint density at radius 1 is 1.53 bits per heavy atom. The van der Waals surface area contributed by atoms with Gasteiger partial charge in [0.05, 0.1) is 17.2 Å². The van der Waals surface area contributed by atoms with E-state index in [-0.39, 0.29) is 16.9 Å². The van der Waals surface area contributed by atoms with Crippen LogP contribution in [0.1, 0.15) is 21.5 Å². The number of alkyl halides is 2. The van der Waals surface area contributed by atoms with Crippen LogP contribution < -0.4 is 4.74 Å². The fraction of sp³-hybridized carbons (Fsp3) is 0.200. The number of hydrogen-bond donors (Lipinski definition) is 0. The van der Waals surface area contributed by atoms with Crippen LogP contribution in [0.5, 0.6) is 5.75 Å². The lowest BCUT2D eigenvalue weighted by atomic mass is 10.1. The van der Waals surface area contributed by atoms with Crippen molar-refractivity contribution in [1.82, 2.24) is 0 Å². The van der Waals surface area contributed by atoms with Gasteiger partial charge in [-0.2, -0.15) is 14.0 Å². The molecule has 1 rings (SSSR count). The Kier molecular flexibility index (Phi) is 3.34. The summed E-state index contributed by atoms with van der Waals surface area (Å²) in [5.41, 5.74) is 0.754. The fourth-order valence-electron chi connectivity index (χ4n) is 1.12. The average Bonchev–Trinajstić information content (AvgIpc) is 2.19. The van der Waals surface area contributed by atoms with E-state index in [9.17, 15) is 13.6 Å². The second kappa shape index (κ2) is 4.51.